The highest BCUT2D eigenvalue weighted by Gasteiger charge is 2.41. The van der Waals surface area contributed by atoms with Crippen LogP contribution in [0.2, 0.25) is 0 Å². The highest BCUT2D eigenvalue weighted by atomic mass is 32.2. The Balaban J connectivity index is 0.00000112. The minimum atomic E-state index is -1.04. The summed E-state index contributed by atoms with van der Waals surface area (Å²) in [5.74, 6) is 0. The van der Waals surface area contributed by atoms with E-state index in [1.807, 2.05) is 33.8 Å². The number of benzene rings is 1. The first-order chi connectivity index (χ1) is 10.6. The van der Waals surface area contributed by atoms with E-state index in [4.69, 9.17) is 0 Å². The lowest BCUT2D eigenvalue weighted by Crippen LogP contribution is -2.56. The zero-order valence-electron chi connectivity index (χ0n) is 16.9. The molecule has 0 aromatic heterocycles. The van der Waals surface area contributed by atoms with Crippen molar-refractivity contribution in [2.45, 2.75) is 91.5 Å². The van der Waals surface area contributed by atoms with Gasteiger partial charge in [-0.1, -0.05) is 66.2 Å². The quantitative estimate of drug-likeness (QED) is 0.661. The van der Waals surface area contributed by atoms with Crippen molar-refractivity contribution < 1.29 is 4.21 Å². The number of hydrogen-bond acceptors (Lipinski definition) is 1. The molecule has 0 radical (unpaired) electrons. The van der Waals surface area contributed by atoms with Crippen molar-refractivity contribution in [3.05, 3.63) is 29.3 Å². The summed E-state index contributed by atoms with van der Waals surface area (Å²) in [4.78, 5) is 0.978. The molecule has 0 bridgehead atoms. The Morgan fingerprint density at radius 2 is 1.61 bits per heavy atom. The minimum absolute atomic E-state index is 0.0199. The Labute approximate surface area is 147 Å². The molecule has 1 saturated heterocycles. The second-order valence-electron chi connectivity index (χ2n) is 7.16. The van der Waals surface area contributed by atoms with E-state index in [-0.39, 0.29) is 11.0 Å². The Kier molecular flexibility index (Phi) is 8.72. The molecule has 3 heteroatoms. The zero-order chi connectivity index (χ0) is 18.4. The third-order valence-corrected chi connectivity index (χ3v) is 5.74. The lowest BCUT2D eigenvalue weighted by atomic mass is 9.86. The number of hydrogen-bond donors (Lipinski definition) is 0. The van der Waals surface area contributed by atoms with Crippen LogP contribution in [0.3, 0.4) is 0 Å². The predicted octanol–water partition coefficient (Wildman–Crippen LogP) is 5.85. The van der Waals surface area contributed by atoms with Crippen LogP contribution in [0.15, 0.2) is 23.1 Å². The molecular formula is C20H37NOS. The van der Waals surface area contributed by atoms with Gasteiger partial charge in [-0.25, -0.2) is 8.51 Å². The van der Waals surface area contributed by atoms with E-state index < -0.39 is 11.0 Å². The maximum Gasteiger partial charge on any atom is 0.128 e. The van der Waals surface area contributed by atoms with Crippen LogP contribution in [-0.4, -0.2) is 20.6 Å². The van der Waals surface area contributed by atoms with Crippen LogP contribution in [-0.2, 0) is 16.4 Å². The van der Waals surface area contributed by atoms with E-state index in [0.29, 0.717) is 0 Å². The standard InChI is InChI=1S/C16H25NOS.2C2H6/c1-12-7-8-14(13(11-12)15(2,3)4)19(18)17-10-9-16(17,5)6;2*1-2/h7-8,11H,9-10H2,1-6H3;2*1-2H3. The molecule has 1 aliphatic heterocycles. The minimum Gasteiger partial charge on any atom is -0.237 e. The molecular weight excluding hydrogens is 302 g/mol. The molecule has 0 saturated carbocycles. The normalized spacial score (nSPS) is 17.8. The van der Waals surface area contributed by atoms with E-state index in [1.165, 1.54) is 11.1 Å². The summed E-state index contributed by atoms with van der Waals surface area (Å²) in [5.41, 5.74) is 2.51. The highest BCUT2D eigenvalue weighted by Crippen LogP contribution is 2.36. The Bertz CT molecular complexity index is 515. The molecule has 2 nitrogen and oxygen atoms in total. The van der Waals surface area contributed by atoms with Gasteiger partial charge < -0.3 is 0 Å². The maximum atomic E-state index is 12.9. The molecule has 0 N–H and O–H groups in total. The Morgan fingerprint density at radius 3 is 1.96 bits per heavy atom. The van der Waals surface area contributed by atoms with Crippen molar-refractivity contribution in [2.75, 3.05) is 6.54 Å². The summed E-state index contributed by atoms with van der Waals surface area (Å²) in [6.07, 6.45) is 1.12. The first-order valence-corrected chi connectivity index (χ1v) is 10.0. The van der Waals surface area contributed by atoms with Crippen LogP contribution >= 0.6 is 0 Å². The predicted molar refractivity (Wildman–Crippen MR) is 104 cm³/mol. The Hall–Kier alpha value is -0.670. The van der Waals surface area contributed by atoms with Crippen molar-refractivity contribution in [3.8, 4) is 0 Å². The molecule has 2 rings (SSSR count). The molecule has 1 atom stereocenters. The number of aryl methyl sites for hydroxylation is 1. The fourth-order valence-corrected chi connectivity index (χ4v) is 4.23. The Morgan fingerprint density at radius 1 is 1.09 bits per heavy atom. The fraction of sp³-hybridized carbons (Fsp3) is 0.700. The van der Waals surface area contributed by atoms with Crippen LogP contribution in [0, 0.1) is 6.92 Å². The first-order valence-electron chi connectivity index (χ1n) is 8.93. The first kappa shape index (κ1) is 22.3. The lowest BCUT2D eigenvalue weighted by Gasteiger charge is -2.47. The topological polar surface area (TPSA) is 20.3 Å². The lowest BCUT2D eigenvalue weighted by molar-refractivity contribution is 0.118. The molecule has 0 aliphatic carbocycles. The number of nitrogens with zero attached hydrogens (tertiary/aromatic N) is 1. The van der Waals surface area contributed by atoms with Gasteiger partial charge in [-0.15, -0.1) is 0 Å². The summed E-state index contributed by atoms with van der Waals surface area (Å²) >= 11 is 0. The van der Waals surface area contributed by atoms with Crippen molar-refractivity contribution >= 4 is 11.0 Å². The van der Waals surface area contributed by atoms with Crippen LogP contribution in [0.4, 0.5) is 0 Å². The second kappa shape index (κ2) is 8.98. The summed E-state index contributed by atoms with van der Waals surface area (Å²) in [5, 5.41) is 0. The fourth-order valence-electron chi connectivity index (χ4n) is 2.46. The average molecular weight is 340 g/mol. The van der Waals surface area contributed by atoms with Crippen molar-refractivity contribution in [1.82, 2.24) is 4.31 Å². The molecule has 1 heterocycles. The largest absolute Gasteiger partial charge is 0.237 e. The van der Waals surface area contributed by atoms with Crippen LogP contribution in [0.25, 0.3) is 0 Å². The zero-order valence-corrected chi connectivity index (χ0v) is 17.7. The van der Waals surface area contributed by atoms with E-state index in [9.17, 15) is 4.21 Å². The van der Waals surface area contributed by atoms with Gasteiger partial charge >= 0.3 is 0 Å². The third kappa shape index (κ3) is 5.42. The van der Waals surface area contributed by atoms with Gasteiger partial charge in [-0.2, -0.15) is 0 Å². The van der Waals surface area contributed by atoms with Gasteiger partial charge in [0.15, 0.2) is 0 Å². The molecule has 1 aromatic carbocycles. The third-order valence-electron chi connectivity index (χ3n) is 3.93. The summed E-state index contributed by atoms with van der Waals surface area (Å²) < 4.78 is 15.0. The smallest absolute Gasteiger partial charge is 0.128 e. The van der Waals surface area contributed by atoms with Crippen LogP contribution in [0.5, 0.6) is 0 Å². The van der Waals surface area contributed by atoms with Crippen molar-refractivity contribution in [3.63, 3.8) is 0 Å². The van der Waals surface area contributed by atoms with E-state index >= 15 is 0 Å². The highest BCUT2D eigenvalue weighted by molar-refractivity contribution is 7.82. The molecule has 1 aromatic rings. The van der Waals surface area contributed by atoms with Gasteiger partial charge in [0, 0.05) is 12.1 Å². The van der Waals surface area contributed by atoms with Crippen molar-refractivity contribution in [2.24, 2.45) is 0 Å². The monoisotopic (exact) mass is 339 g/mol. The van der Waals surface area contributed by atoms with Crippen molar-refractivity contribution in [1.29, 1.82) is 0 Å². The summed E-state index contributed by atoms with van der Waals surface area (Å²) in [6.45, 7) is 21.9. The van der Waals surface area contributed by atoms with Crippen LogP contribution < -0.4 is 0 Å². The van der Waals surface area contributed by atoms with Gasteiger partial charge in [0.2, 0.25) is 0 Å². The van der Waals surface area contributed by atoms with Gasteiger partial charge in [0.05, 0.1) is 4.90 Å². The molecule has 1 aliphatic rings. The average Bonchev–Trinajstić information content (AvgIpc) is 2.49. The summed E-state index contributed by atoms with van der Waals surface area (Å²) in [7, 11) is -1.04. The maximum absolute atomic E-state index is 12.9. The molecule has 23 heavy (non-hydrogen) atoms. The van der Waals surface area contributed by atoms with Gasteiger partial charge in [0.1, 0.15) is 11.0 Å². The molecule has 0 amide bonds. The van der Waals surface area contributed by atoms with Gasteiger partial charge in [-0.05, 0) is 44.2 Å². The molecule has 0 spiro atoms. The van der Waals surface area contributed by atoms with Gasteiger partial charge in [0.25, 0.3) is 0 Å². The van der Waals surface area contributed by atoms with Gasteiger partial charge in [-0.3, -0.25) is 0 Å². The van der Waals surface area contributed by atoms with E-state index in [1.54, 1.807) is 0 Å². The van der Waals surface area contributed by atoms with E-state index in [2.05, 4.69) is 58.0 Å². The SMILES string of the molecule is CC.CC.Cc1ccc(S(=O)N2CCC2(C)C)c(C(C)(C)C)c1. The second-order valence-corrected chi connectivity index (χ2v) is 8.54. The summed E-state index contributed by atoms with van der Waals surface area (Å²) in [6, 6.07) is 6.29. The molecule has 1 unspecified atom stereocenters. The number of rotatable bonds is 2. The van der Waals surface area contributed by atoms with Crippen LogP contribution in [0.1, 0.15) is 79.9 Å². The molecule has 134 valence electrons. The van der Waals surface area contributed by atoms with E-state index in [0.717, 1.165) is 17.9 Å². The molecule has 1 fully saturated rings.